The van der Waals surface area contributed by atoms with E-state index in [9.17, 15) is 4.79 Å². The van der Waals surface area contributed by atoms with E-state index in [0.717, 1.165) is 24.1 Å². The first-order valence-electron chi connectivity index (χ1n) is 6.08. The highest BCUT2D eigenvalue weighted by atomic mass is 16.2. The maximum absolute atomic E-state index is 12.4. The van der Waals surface area contributed by atoms with Crippen LogP contribution in [0.4, 0.5) is 5.69 Å². The highest BCUT2D eigenvalue weighted by Gasteiger charge is 2.51. The summed E-state index contributed by atoms with van der Waals surface area (Å²) in [5.41, 5.74) is 1.60. The van der Waals surface area contributed by atoms with Crippen molar-refractivity contribution in [2.24, 2.45) is 0 Å². The molecule has 1 aliphatic rings. The monoisotopic (exact) mass is 238 g/mol. The molecule has 3 heteroatoms. The number of carbonyl (C=O) groups excluding carboxylic acids is 1. The van der Waals surface area contributed by atoms with Gasteiger partial charge in [-0.15, -0.1) is 0 Å². The van der Waals surface area contributed by atoms with Gasteiger partial charge in [0.15, 0.2) is 0 Å². The maximum atomic E-state index is 12.4. The number of pyridine rings is 1. The molecule has 1 amide bonds. The van der Waals surface area contributed by atoms with Crippen LogP contribution in [0.5, 0.6) is 0 Å². The molecule has 0 radical (unpaired) electrons. The van der Waals surface area contributed by atoms with E-state index in [0.29, 0.717) is 0 Å². The number of amides is 1. The fourth-order valence-electron chi connectivity index (χ4n) is 2.22. The van der Waals surface area contributed by atoms with Gasteiger partial charge in [0.05, 0.1) is 5.41 Å². The summed E-state index contributed by atoms with van der Waals surface area (Å²) in [6.07, 6.45) is 5.21. The van der Waals surface area contributed by atoms with Crippen LogP contribution in [0.25, 0.3) is 0 Å². The third kappa shape index (κ3) is 1.88. The van der Waals surface area contributed by atoms with Crippen molar-refractivity contribution in [3.05, 3.63) is 60.4 Å². The second-order valence-corrected chi connectivity index (χ2v) is 4.64. The van der Waals surface area contributed by atoms with Gasteiger partial charge in [0.2, 0.25) is 5.91 Å². The number of hydrogen-bond donors (Lipinski definition) is 1. The summed E-state index contributed by atoms with van der Waals surface area (Å²) in [5, 5.41) is 2.96. The third-order valence-electron chi connectivity index (χ3n) is 3.45. The molecule has 1 aliphatic carbocycles. The summed E-state index contributed by atoms with van der Waals surface area (Å²) in [6, 6.07) is 13.6. The number of carbonyl (C=O) groups is 1. The molecule has 1 aromatic carbocycles. The Morgan fingerprint density at radius 2 is 1.72 bits per heavy atom. The van der Waals surface area contributed by atoms with Crippen LogP contribution in [-0.4, -0.2) is 10.9 Å². The topological polar surface area (TPSA) is 42.0 Å². The van der Waals surface area contributed by atoms with E-state index in [1.807, 2.05) is 30.3 Å². The number of nitrogens with zero attached hydrogens (tertiary/aromatic N) is 1. The highest BCUT2D eigenvalue weighted by molar-refractivity contribution is 6.01. The molecule has 0 saturated heterocycles. The molecule has 90 valence electrons. The Morgan fingerprint density at radius 3 is 2.33 bits per heavy atom. The molecule has 3 rings (SSSR count). The van der Waals surface area contributed by atoms with Crippen LogP contribution >= 0.6 is 0 Å². The predicted octanol–water partition coefficient (Wildman–Crippen LogP) is 2.75. The molecule has 1 fully saturated rings. The van der Waals surface area contributed by atoms with Gasteiger partial charge in [-0.1, -0.05) is 30.3 Å². The smallest absolute Gasteiger partial charge is 0.235 e. The molecule has 0 atom stereocenters. The van der Waals surface area contributed by atoms with Gasteiger partial charge >= 0.3 is 0 Å². The van der Waals surface area contributed by atoms with E-state index in [-0.39, 0.29) is 11.3 Å². The van der Waals surface area contributed by atoms with E-state index >= 15 is 0 Å². The lowest BCUT2D eigenvalue weighted by atomic mass is 9.95. The molecule has 1 heterocycles. The van der Waals surface area contributed by atoms with Crippen molar-refractivity contribution in [2.45, 2.75) is 18.3 Å². The molecular weight excluding hydrogens is 224 g/mol. The number of aromatic nitrogens is 1. The molecule has 3 nitrogen and oxygen atoms in total. The second-order valence-electron chi connectivity index (χ2n) is 4.64. The van der Waals surface area contributed by atoms with Crippen LogP contribution in [0, 0.1) is 0 Å². The number of hydrogen-bond acceptors (Lipinski definition) is 2. The van der Waals surface area contributed by atoms with Gasteiger partial charge in [-0.3, -0.25) is 9.78 Å². The first kappa shape index (κ1) is 11.0. The summed E-state index contributed by atoms with van der Waals surface area (Å²) >= 11 is 0. The zero-order valence-electron chi connectivity index (χ0n) is 9.97. The van der Waals surface area contributed by atoms with Crippen LogP contribution < -0.4 is 5.32 Å². The normalized spacial score (nSPS) is 16.0. The predicted molar refractivity (Wildman–Crippen MR) is 70.2 cm³/mol. The first-order valence-corrected chi connectivity index (χ1v) is 6.08. The summed E-state index contributed by atoms with van der Waals surface area (Å²) in [5.74, 6) is 0.0832. The van der Waals surface area contributed by atoms with Crippen molar-refractivity contribution in [1.29, 1.82) is 0 Å². The Bertz CT molecular complexity index is 547. The Labute approximate surface area is 106 Å². The molecule has 1 saturated carbocycles. The van der Waals surface area contributed by atoms with E-state index in [1.54, 1.807) is 24.5 Å². The van der Waals surface area contributed by atoms with E-state index in [2.05, 4.69) is 10.3 Å². The SMILES string of the molecule is O=C(Nc1ccncc1)C1(c2ccccc2)CC1. The molecule has 2 aromatic rings. The van der Waals surface area contributed by atoms with E-state index in [4.69, 9.17) is 0 Å². The van der Waals surface area contributed by atoms with Crippen molar-refractivity contribution < 1.29 is 4.79 Å². The summed E-state index contributed by atoms with van der Waals surface area (Å²) in [4.78, 5) is 16.3. The number of benzene rings is 1. The van der Waals surface area contributed by atoms with Crippen LogP contribution in [0.15, 0.2) is 54.9 Å². The van der Waals surface area contributed by atoms with E-state index in [1.165, 1.54) is 0 Å². The Morgan fingerprint density at radius 1 is 1.06 bits per heavy atom. The van der Waals surface area contributed by atoms with Crippen LogP contribution in [0.1, 0.15) is 18.4 Å². The molecule has 1 N–H and O–H groups in total. The van der Waals surface area contributed by atoms with Gasteiger partial charge < -0.3 is 5.32 Å². The van der Waals surface area contributed by atoms with Gasteiger partial charge in [-0.2, -0.15) is 0 Å². The second kappa shape index (κ2) is 4.26. The van der Waals surface area contributed by atoms with Crippen LogP contribution in [-0.2, 0) is 10.2 Å². The molecular formula is C15H14N2O. The summed E-state index contributed by atoms with van der Waals surface area (Å²) in [6.45, 7) is 0. The Balaban J connectivity index is 1.81. The van der Waals surface area contributed by atoms with Gasteiger partial charge in [-0.05, 0) is 30.5 Å². The zero-order valence-corrected chi connectivity index (χ0v) is 9.97. The van der Waals surface area contributed by atoms with Crippen molar-refractivity contribution in [3.8, 4) is 0 Å². The Kier molecular flexibility index (Phi) is 2.59. The van der Waals surface area contributed by atoms with Gasteiger partial charge in [0.1, 0.15) is 0 Å². The van der Waals surface area contributed by atoms with Crippen LogP contribution in [0.2, 0.25) is 0 Å². The largest absolute Gasteiger partial charge is 0.325 e. The lowest BCUT2D eigenvalue weighted by Crippen LogP contribution is -2.27. The zero-order chi connectivity index (χ0) is 12.4. The van der Waals surface area contributed by atoms with Crippen LogP contribution in [0.3, 0.4) is 0 Å². The standard InChI is InChI=1S/C15H14N2O/c18-14(17-13-6-10-16-11-7-13)15(8-9-15)12-4-2-1-3-5-12/h1-7,10-11H,8-9H2,(H,16,17,18). The van der Waals surface area contributed by atoms with Crippen molar-refractivity contribution in [2.75, 3.05) is 5.32 Å². The molecule has 0 aliphatic heterocycles. The molecule has 0 spiro atoms. The van der Waals surface area contributed by atoms with Crippen molar-refractivity contribution >= 4 is 11.6 Å². The average molecular weight is 238 g/mol. The quantitative estimate of drug-likeness (QED) is 0.893. The average Bonchev–Trinajstić information content (AvgIpc) is 3.22. The minimum atomic E-state index is -0.315. The summed E-state index contributed by atoms with van der Waals surface area (Å²) in [7, 11) is 0. The molecule has 1 aromatic heterocycles. The number of nitrogens with one attached hydrogen (secondary N) is 1. The molecule has 18 heavy (non-hydrogen) atoms. The third-order valence-corrected chi connectivity index (χ3v) is 3.45. The highest BCUT2D eigenvalue weighted by Crippen LogP contribution is 2.48. The van der Waals surface area contributed by atoms with E-state index < -0.39 is 0 Å². The first-order chi connectivity index (χ1) is 8.81. The molecule has 0 bridgehead atoms. The number of anilines is 1. The van der Waals surface area contributed by atoms with Gasteiger partial charge in [0, 0.05) is 18.1 Å². The van der Waals surface area contributed by atoms with Gasteiger partial charge in [0.25, 0.3) is 0 Å². The maximum Gasteiger partial charge on any atom is 0.235 e. The fourth-order valence-corrected chi connectivity index (χ4v) is 2.22. The Hall–Kier alpha value is -2.16. The summed E-state index contributed by atoms with van der Waals surface area (Å²) < 4.78 is 0. The lowest BCUT2D eigenvalue weighted by Gasteiger charge is -2.15. The number of rotatable bonds is 3. The molecule has 0 unspecified atom stereocenters. The van der Waals surface area contributed by atoms with Gasteiger partial charge in [-0.25, -0.2) is 0 Å². The lowest BCUT2D eigenvalue weighted by molar-refractivity contribution is -0.118. The fraction of sp³-hybridized carbons (Fsp3) is 0.200. The van der Waals surface area contributed by atoms with Crippen molar-refractivity contribution in [1.82, 2.24) is 4.98 Å². The minimum absolute atomic E-state index is 0.0832. The minimum Gasteiger partial charge on any atom is -0.325 e. The van der Waals surface area contributed by atoms with Crippen molar-refractivity contribution in [3.63, 3.8) is 0 Å².